The van der Waals surface area contributed by atoms with Gasteiger partial charge in [-0.3, -0.25) is 5.41 Å². The van der Waals surface area contributed by atoms with Crippen molar-refractivity contribution in [2.45, 2.75) is 50.5 Å². The van der Waals surface area contributed by atoms with Crippen LogP contribution in [0.15, 0.2) is 42.5 Å². The number of benzene rings is 2. The van der Waals surface area contributed by atoms with E-state index < -0.39 is 0 Å². The molecule has 5 aliphatic rings. The highest BCUT2D eigenvalue weighted by Crippen LogP contribution is 2.57. The summed E-state index contributed by atoms with van der Waals surface area (Å²) in [5.74, 6) is 3.36. The molecule has 4 fully saturated rings. The van der Waals surface area contributed by atoms with Crippen molar-refractivity contribution in [2.75, 3.05) is 19.0 Å². The summed E-state index contributed by atoms with van der Waals surface area (Å²) in [5.41, 5.74) is 6.90. The molecule has 3 nitrogen and oxygen atoms in total. The quantitative estimate of drug-likeness (QED) is 0.464. The summed E-state index contributed by atoms with van der Waals surface area (Å²) in [4.78, 5) is 4.50. The Bertz CT molecular complexity index is 956. The molecular formula is C26H31N3. The molecule has 4 saturated carbocycles. The summed E-state index contributed by atoms with van der Waals surface area (Å²) in [7, 11) is 4.29. The third kappa shape index (κ3) is 2.52. The van der Waals surface area contributed by atoms with Crippen molar-refractivity contribution in [2.24, 2.45) is 17.8 Å². The van der Waals surface area contributed by atoms with Gasteiger partial charge in [-0.05, 0) is 84.6 Å². The summed E-state index contributed by atoms with van der Waals surface area (Å²) in [6, 6.07) is 15.3. The summed E-state index contributed by atoms with van der Waals surface area (Å²) in [6.07, 6.45) is 9.20. The molecule has 0 heterocycles. The number of guanidine groups is 1. The minimum absolute atomic E-state index is 0.223. The predicted octanol–water partition coefficient (Wildman–Crippen LogP) is 5.53. The second-order valence-electron chi connectivity index (χ2n) is 10.2. The van der Waals surface area contributed by atoms with Gasteiger partial charge < -0.3 is 9.80 Å². The van der Waals surface area contributed by atoms with Gasteiger partial charge in [-0.25, -0.2) is 0 Å². The first-order valence-electron chi connectivity index (χ1n) is 11.3. The smallest absolute Gasteiger partial charge is 0.198 e. The van der Waals surface area contributed by atoms with Gasteiger partial charge in [0, 0.05) is 31.7 Å². The Hall–Kier alpha value is -2.29. The summed E-state index contributed by atoms with van der Waals surface area (Å²) < 4.78 is 0. The molecule has 150 valence electrons. The van der Waals surface area contributed by atoms with E-state index in [1.807, 2.05) is 0 Å². The second kappa shape index (κ2) is 6.10. The molecule has 0 unspecified atom stereocenters. The monoisotopic (exact) mass is 385 g/mol. The Morgan fingerprint density at radius 3 is 2.17 bits per heavy atom. The van der Waals surface area contributed by atoms with Crippen molar-refractivity contribution in [3.05, 3.63) is 53.6 Å². The molecule has 2 aromatic carbocycles. The molecule has 0 amide bonds. The van der Waals surface area contributed by atoms with Crippen LogP contribution >= 0.6 is 0 Å². The lowest BCUT2D eigenvalue weighted by Gasteiger charge is -2.60. The summed E-state index contributed by atoms with van der Waals surface area (Å²) >= 11 is 0. The number of fused-ring (bicyclic) bond motifs is 3. The van der Waals surface area contributed by atoms with Gasteiger partial charge in [0.25, 0.3) is 0 Å². The van der Waals surface area contributed by atoms with E-state index in [2.05, 4.69) is 66.4 Å². The SMILES string of the molecule is CN(C(=N)N(C)C12CC3CC(CC(C3)C1)C2)c1cccc2c1Cc1ccccc1-2. The first kappa shape index (κ1) is 17.6. The molecule has 1 N–H and O–H groups in total. The molecule has 7 rings (SSSR count). The van der Waals surface area contributed by atoms with Crippen molar-refractivity contribution < 1.29 is 0 Å². The number of hydrogen-bond acceptors (Lipinski definition) is 1. The molecule has 29 heavy (non-hydrogen) atoms. The van der Waals surface area contributed by atoms with Crippen LogP contribution in [0.25, 0.3) is 11.1 Å². The lowest BCUT2D eigenvalue weighted by molar-refractivity contribution is -0.0553. The standard InChI is InChI=1S/C26H31N3/c1-28(24-9-5-8-22-21-7-4-3-6-20(21)13-23(22)24)25(27)29(2)26-14-17-10-18(15-26)12-19(11-17)16-26/h3-9,17-19,27H,10-16H2,1-2H3. The molecule has 0 spiro atoms. The average Bonchev–Trinajstić information content (AvgIpc) is 3.10. The maximum atomic E-state index is 9.15. The summed E-state index contributed by atoms with van der Waals surface area (Å²) in [6.45, 7) is 0. The Kier molecular flexibility index (Phi) is 3.70. The zero-order valence-electron chi connectivity index (χ0n) is 17.6. The zero-order valence-corrected chi connectivity index (χ0v) is 17.6. The minimum atomic E-state index is 0.223. The molecule has 2 aromatic rings. The molecule has 3 heteroatoms. The Balaban J connectivity index is 1.31. The largest absolute Gasteiger partial charge is 0.340 e. The molecule has 0 radical (unpaired) electrons. The van der Waals surface area contributed by atoms with Crippen LogP contribution in [0.4, 0.5) is 5.69 Å². The highest BCUT2D eigenvalue weighted by molar-refractivity contribution is 5.96. The molecule has 0 aromatic heterocycles. The lowest BCUT2D eigenvalue weighted by atomic mass is 9.52. The van der Waals surface area contributed by atoms with Crippen molar-refractivity contribution >= 4 is 11.6 Å². The van der Waals surface area contributed by atoms with Crippen molar-refractivity contribution in [1.29, 1.82) is 5.41 Å². The van der Waals surface area contributed by atoms with E-state index in [0.717, 1.165) is 24.2 Å². The highest BCUT2D eigenvalue weighted by Gasteiger charge is 2.53. The second-order valence-corrected chi connectivity index (χ2v) is 10.2. The van der Waals surface area contributed by atoms with E-state index in [-0.39, 0.29) is 5.54 Å². The third-order valence-electron chi connectivity index (χ3n) is 8.54. The number of rotatable bonds is 2. The molecular weight excluding hydrogens is 354 g/mol. The van der Waals surface area contributed by atoms with Crippen molar-refractivity contribution in [3.63, 3.8) is 0 Å². The fourth-order valence-corrected chi connectivity index (χ4v) is 7.49. The number of nitrogens with one attached hydrogen (secondary N) is 1. The van der Waals surface area contributed by atoms with Gasteiger partial charge in [-0.2, -0.15) is 0 Å². The maximum Gasteiger partial charge on any atom is 0.198 e. The molecule has 0 saturated heterocycles. The minimum Gasteiger partial charge on any atom is -0.340 e. The highest BCUT2D eigenvalue weighted by atomic mass is 15.4. The van der Waals surface area contributed by atoms with E-state index in [0.29, 0.717) is 5.96 Å². The number of hydrogen-bond donors (Lipinski definition) is 1. The van der Waals surface area contributed by atoms with E-state index in [1.165, 1.54) is 66.5 Å². The number of nitrogens with zero attached hydrogens (tertiary/aromatic N) is 2. The van der Waals surface area contributed by atoms with E-state index in [4.69, 9.17) is 5.41 Å². The fourth-order valence-electron chi connectivity index (χ4n) is 7.49. The van der Waals surface area contributed by atoms with Crippen LogP contribution in [0, 0.1) is 23.2 Å². The van der Waals surface area contributed by atoms with E-state index in [9.17, 15) is 0 Å². The van der Waals surface area contributed by atoms with Crippen LogP contribution in [0.2, 0.25) is 0 Å². The Morgan fingerprint density at radius 1 is 0.862 bits per heavy atom. The fraction of sp³-hybridized carbons (Fsp3) is 0.500. The topological polar surface area (TPSA) is 30.3 Å². The van der Waals surface area contributed by atoms with Gasteiger partial charge in [0.1, 0.15) is 0 Å². The predicted molar refractivity (Wildman–Crippen MR) is 119 cm³/mol. The first-order chi connectivity index (χ1) is 14.0. The Labute approximate surface area is 174 Å². The van der Waals surface area contributed by atoms with Crippen molar-refractivity contribution in [1.82, 2.24) is 4.90 Å². The lowest BCUT2D eigenvalue weighted by Crippen LogP contribution is -2.62. The van der Waals surface area contributed by atoms with Crippen LogP contribution in [0.1, 0.15) is 49.7 Å². The van der Waals surface area contributed by atoms with Crippen LogP contribution in [-0.2, 0) is 6.42 Å². The van der Waals surface area contributed by atoms with Gasteiger partial charge in [-0.15, -0.1) is 0 Å². The molecule has 4 bridgehead atoms. The molecule has 0 atom stereocenters. The van der Waals surface area contributed by atoms with Crippen LogP contribution < -0.4 is 4.90 Å². The first-order valence-corrected chi connectivity index (χ1v) is 11.3. The van der Waals surface area contributed by atoms with Crippen molar-refractivity contribution in [3.8, 4) is 11.1 Å². The number of anilines is 1. The summed E-state index contributed by atoms with van der Waals surface area (Å²) in [5, 5.41) is 9.15. The van der Waals surface area contributed by atoms with Gasteiger partial charge in [0.15, 0.2) is 5.96 Å². The van der Waals surface area contributed by atoms with Gasteiger partial charge in [0.05, 0.1) is 0 Å². The Morgan fingerprint density at radius 2 is 1.48 bits per heavy atom. The van der Waals surface area contributed by atoms with Crippen LogP contribution in [0.3, 0.4) is 0 Å². The molecule has 5 aliphatic carbocycles. The maximum absolute atomic E-state index is 9.15. The normalized spacial score (nSPS) is 30.8. The third-order valence-corrected chi connectivity index (χ3v) is 8.54. The van der Waals surface area contributed by atoms with E-state index in [1.54, 1.807) is 0 Å². The van der Waals surface area contributed by atoms with Gasteiger partial charge >= 0.3 is 0 Å². The zero-order chi connectivity index (χ0) is 19.8. The van der Waals surface area contributed by atoms with Crippen LogP contribution in [-0.4, -0.2) is 30.5 Å². The molecule has 0 aliphatic heterocycles. The van der Waals surface area contributed by atoms with E-state index >= 15 is 0 Å². The average molecular weight is 386 g/mol. The van der Waals surface area contributed by atoms with Gasteiger partial charge in [0.2, 0.25) is 0 Å². The van der Waals surface area contributed by atoms with Gasteiger partial charge in [-0.1, -0.05) is 36.4 Å². The van der Waals surface area contributed by atoms with Crippen LogP contribution in [0.5, 0.6) is 0 Å².